The Bertz CT molecular complexity index is 780. The Morgan fingerprint density at radius 1 is 1.00 bits per heavy atom. The van der Waals surface area contributed by atoms with Gasteiger partial charge in [0.25, 0.3) is 0 Å². The third-order valence-electron chi connectivity index (χ3n) is 6.15. The number of unbranched alkanes of at least 4 members (excludes halogenated alkanes) is 3. The Labute approximate surface area is 203 Å². The highest BCUT2D eigenvalue weighted by atomic mass is 79.9. The topological polar surface area (TPSA) is 49.9 Å². The van der Waals surface area contributed by atoms with Crippen molar-refractivity contribution in [3.05, 3.63) is 54.0 Å². The minimum absolute atomic E-state index is 0.0394. The minimum Gasteiger partial charge on any atom is -0.378 e. The van der Waals surface area contributed by atoms with Crippen LogP contribution in [-0.4, -0.2) is 63.1 Å². The molecular formula is C25H39BrN2O3S. The number of benzene rings is 1. The molecule has 0 N–H and O–H groups in total. The van der Waals surface area contributed by atoms with Crippen LogP contribution in [0.3, 0.4) is 0 Å². The third-order valence-corrected chi connectivity index (χ3v) is 8.60. The van der Waals surface area contributed by atoms with Gasteiger partial charge in [0.15, 0.2) is 0 Å². The van der Waals surface area contributed by atoms with Crippen molar-refractivity contribution in [2.75, 3.05) is 33.3 Å². The zero-order valence-electron chi connectivity index (χ0n) is 19.4. The number of hydrogen-bond donors (Lipinski definition) is 0. The molecule has 0 atom stereocenters. The number of rotatable bonds is 15. The Morgan fingerprint density at radius 3 is 2.19 bits per heavy atom. The molecule has 0 aromatic heterocycles. The van der Waals surface area contributed by atoms with Crippen molar-refractivity contribution in [2.24, 2.45) is 0 Å². The molecule has 32 heavy (non-hydrogen) atoms. The fraction of sp³-hybridized carbons (Fsp3) is 0.600. The van der Waals surface area contributed by atoms with Crippen LogP contribution in [0.25, 0.3) is 0 Å². The van der Waals surface area contributed by atoms with Gasteiger partial charge in [0.2, 0.25) is 10.0 Å². The van der Waals surface area contributed by atoms with E-state index in [-0.39, 0.29) is 12.1 Å². The summed E-state index contributed by atoms with van der Waals surface area (Å²) in [5.41, 5.74) is 0. The van der Waals surface area contributed by atoms with Crippen molar-refractivity contribution in [2.45, 2.75) is 68.4 Å². The largest absolute Gasteiger partial charge is 0.378 e. The average molecular weight is 528 g/mol. The average Bonchev–Trinajstić information content (AvgIpc) is 2.79. The van der Waals surface area contributed by atoms with E-state index in [9.17, 15) is 8.42 Å². The molecule has 0 heterocycles. The molecule has 1 aliphatic rings. The predicted octanol–water partition coefficient (Wildman–Crippen LogP) is 5.63. The van der Waals surface area contributed by atoms with Gasteiger partial charge in [0.05, 0.1) is 11.0 Å². The molecule has 1 aliphatic carbocycles. The van der Waals surface area contributed by atoms with Crippen LogP contribution in [0.4, 0.5) is 0 Å². The first-order valence-electron chi connectivity index (χ1n) is 11.7. The molecule has 1 saturated carbocycles. The van der Waals surface area contributed by atoms with E-state index in [1.807, 2.05) is 12.2 Å². The van der Waals surface area contributed by atoms with Crippen molar-refractivity contribution in [3.63, 3.8) is 0 Å². The molecule has 0 aliphatic heterocycles. The summed E-state index contributed by atoms with van der Waals surface area (Å²) in [6, 6.07) is 6.88. The molecule has 1 fully saturated rings. The molecule has 1 aromatic rings. The lowest BCUT2D eigenvalue weighted by Crippen LogP contribution is -2.40. The van der Waals surface area contributed by atoms with Crippen LogP contribution in [-0.2, 0) is 14.8 Å². The fourth-order valence-corrected chi connectivity index (χ4v) is 5.89. The van der Waals surface area contributed by atoms with Gasteiger partial charge in [-0.1, -0.05) is 40.9 Å². The molecule has 180 valence electrons. The van der Waals surface area contributed by atoms with Gasteiger partial charge in [-0.3, -0.25) is 4.90 Å². The second-order valence-corrected chi connectivity index (χ2v) is 11.4. The predicted molar refractivity (Wildman–Crippen MR) is 136 cm³/mol. The van der Waals surface area contributed by atoms with E-state index >= 15 is 0 Å². The first kappa shape index (κ1) is 27.3. The maximum absolute atomic E-state index is 12.9. The van der Waals surface area contributed by atoms with Gasteiger partial charge in [0.1, 0.15) is 0 Å². The lowest BCUT2D eigenvalue weighted by atomic mass is 9.93. The highest BCUT2D eigenvalue weighted by Crippen LogP contribution is 2.28. The van der Waals surface area contributed by atoms with Gasteiger partial charge < -0.3 is 4.74 Å². The number of sulfonamides is 1. The van der Waals surface area contributed by atoms with E-state index in [0.717, 1.165) is 62.8 Å². The van der Waals surface area contributed by atoms with Crippen molar-refractivity contribution >= 4 is 26.0 Å². The summed E-state index contributed by atoms with van der Waals surface area (Å²) >= 11 is 3.36. The van der Waals surface area contributed by atoms with Crippen molar-refractivity contribution < 1.29 is 13.2 Å². The summed E-state index contributed by atoms with van der Waals surface area (Å²) in [6.45, 7) is 11.3. The molecular weight excluding hydrogens is 488 g/mol. The monoisotopic (exact) mass is 526 g/mol. The number of halogens is 1. The smallest absolute Gasteiger partial charge is 0.243 e. The second-order valence-electron chi connectivity index (χ2n) is 8.53. The highest BCUT2D eigenvalue weighted by Gasteiger charge is 2.31. The van der Waals surface area contributed by atoms with Gasteiger partial charge in [0, 0.05) is 37.3 Å². The van der Waals surface area contributed by atoms with Gasteiger partial charge in [-0.05, 0) is 69.3 Å². The summed E-state index contributed by atoms with van der Waals surface area (Å²) in [6.07, 6.45) is 12.3. The number of nitrogens with zero attached hydrogens (tertiary/aromatic N) is 2. The third kappa shape index (κ3) is 8.75. The molecule has 0 bridgehead atoms. The van der Waals surface area contributed by atoms with E-state index < -0.39 is 10.0 Å². The zero-order valence-corrected chi connectivity index (χ0v) is 21.8. The Morgan fingerprint density at radius 2 is 1.59 bits per heavy atom. The summed E-state index contributed by atoms with van der Waals surface area (Å²) in [4.78, 5) is 2.70. The quantitative estimate of drug-likeness (QED) is 0.219. The fourth-order valence-electron chi connectivity index (χ4n) is 4.21. The standard InChI is InChI=1S/C25H39BrN2O3S/c1-4-18-28(19-5-2)20-8-6-7-9-21-31-24-14-12-23(13-15-24)27(3)32(29,30)25-16-10-22(26)11-17-25/h4-5,10-11,16-17,23-24H,1-2,6-9,12-15,18-21H2,3H3/t23-,24-. The van der Waals surface area contributed by atoms with Crippen LogP contribution in [0.15, 0.2) is 58.9 Å². The molecule has 0 saturated heterocycles. The van der Waals surface area contributed by atoms with Crippen LogP contribution in [0, 0.1) is 0 Å². The molecule has 2 rings (SSSR count). The summed E-state index contributed by atoms with van der Waals surface area (Å²) in [5, 5.41) is 0. The molecule has 5 nitrogen and oxygen atoms in total. The van der Waals surface area contributed by atoms with Crippen molar-refractivity contribution in [3.8, 4) is 0 Å². The van der Waals surface area contributed by atoms with E-state index in [1.165, 1.54) is 19.3 Å². The number of hydrogen-bond acceptors (Lipinski definition) is 4. The van der Waals surface area contributed by atoms with Gasteiger partial charge in [-0.15, -0.1) is 13.2 Å². The van der Waals surface area contributed by atoms with Gasteiger partial charge >= 0.3 is 0 Å². The normalized spacial score (nSPS) is 19.4. The zero-order chi connectivity index (χ0) is 23.4. The number of ether oxygens (including phenoxy) is 1. The second kappa shape index (κ2) is 14.3. The molecule has 0 radical (unpaired) electrons. The van der Waals surface area contributed by atoms with Gasteiger partial charge in [-0.25, -0.2) is 8.42 Å². The highest BCUT2D eigenvalue weighted by molar-refractivity contribution is 9.10. The van der Waals surface area contributed by atoms with E-state index in [1.54, 1.807) is 35.6 Å². The molecule has 1 aromatic carbocycles. The van der Waals surface area contributed by atoms with Crippen LogP contribution >= 0.6 is 15.9 Å². The maximum atomic E-state index is 12.9. The minimum atomic E-state index is -3.46. The van der Waals surface area contributed by atoms with E-state index in [4.69, 9.17) is 4.74 Å². The first-order chi connectivity index (χ1) is 15.4. The first-order valence-corrected chi connectivity index (χ1v) is 13.9. The molecule has 0 unspecified atom stereocenters. The van der Waals surface area contributed by atoms with Crippen molar-refractivity contribution in [1.29, 1.82) is 0 Å². The SMILES string of the molecule is C=CCN(CC=C)CCCCCCO[C@H]1CC[C@H](N(C)S(=O)(=O)c2ccc(Br)cc2)CC1. The lowest BCUT2D eigenvalue weighted by molar-refractivity contribution is 0.0156. The summed E-state index contributed by atoms with van der Waals surface area (Å²) in [5.74, 6) is 0. The Balaban J connectivity index is 1.62. The van der Waals surface area contributed by atoms with E-state index in [0.29, 0.717) is 4.90 Å². The molecule has 0 spiro atoms. The molecule has 7 heteroatoms. The van der Waals surface area contributed by atoms with Gasteiger partial charge in [-0.2, -0.15) is 4.31 Å². The Kier molecular flexibility index (Phi) is 12.2. The maximum Gasteiger partial charge on any atom is 0.243 e. The molecule has 0 amide bonds. The Hall–Kier alpha value is -0.990. The summed E-state index contributed by atoms with van der Waals surface area (Å²) in [7, 11) is -1.76. The van der Waals surface area contributed by atoms with Crippen molar-refractivity contribution in [1.82, 2.24) is 9.21 Å². The van der Waals surface area contributed by atoms with Crippen LogP contribution in [0.1, 0.15) is 51.4 Å². The van der Waals surface area contributed by atoms with Crippen LogP contribution < -0.4 is 0 Å². The lowest BCUT2D eigenvalue weighted by Gasteiger charge is -2.34. The summed E-state index contributed by atoms with van der Waals surface area (Å²) < 4.78 is 34.3. The van der Waals surface area contributed by atoms with E-state index in [2.05, 4.69) is 34.0 Å². The van der Waals surface area contributed by atoms with Crippen LogP contribution in [0.2, 0.25) is 0 Å². The van der Waals surface area contributed by atoms with Crippen LogP contribution in [0.5, 0.6) is 0 Å².